The number of alkyl halides is 1. The molecule has 0 spiro atoms. The largest absolute Gasteiger partial charge is 0.295 e. The Kier molecular flexibility index (Phi) is 3.36. The minimum Gasteiger partial charge on any atom is -0.295 e. The average molecular weight is 300 g/mol. The quantitative estimate of drug-likeness (QED) is 0.669. The molecular formula is C16H11ClFN3. The summed E-state index contributed by atoms with van der Waals surface area (Å²) < 4.78 is 15.6. The van der Waals surface area contributed by atoms with Gasteiger partial charge >= 0.3 is 0 Å². The van der Waals surface area contributed by atoms with Gasteiger partial charge in [-0.2, -0.15) is 5.26 Å². The molecule has 0 saturated carbocycles. The van der Waals surface area contributed by atoms with Crippen LogP contribution in [0.3, 0.4) is 0 Å². The molecular weight excluding hydrogens is 289 g/mol. The summed E-state index contributed by atoms with van der Waals surface area (Å²) in [5, 5.41) is 9.17. The van der Waals surface area contributed by atoms with E-state index < -0.39 is 0 Å². The standard InChI is InChI=1S/C16H11ClFN3/c1-10-5-6-12(7-13(10)18)21-14-4-2-3-11(9-19)16(14)20-15(21)8-17/h2-7H,8H2,1H3. The Labute approximate surface area is 126 Å². The first-order chi connectivity index (χ1) is 10.2. The Morgan fingerprint density at radius 1 is 1.33 bits per heavy atom. The van der Waals surface area contributed by atoms with Gasteiger partial charge in [0, 0.05) is 0 Å². The molecule has 0 unspecified atom stereocenters. The number of aryl methyl sites for hydroxylation is 1. The molecule has 0 aliphatic heterocycles. The lowest BCUT2D eigenvalue weighted by Gasteiger charge is -2.09. The molecule has 0 fully saturated rings. The number of imidazole rings is 1. The molecule has 3 nitrogen and oxygen atoms in total. The zero-order chi connectivity index (χ0) is 15.0. The number of rotatable bonds is 2. The van der Waals surface area contributed by atoms with Crippen LogP contribution in [0.25, 0.3) is 16.7 Å². The summed E-state index contributed by atoms with van der Waals surface area (Å²) >= 11 is 5.96. The minimum atomic E-state index is -0.286. The Hall–Kier alpha value is -2.38. The highest BCUT2D eigenvalue weighted by Crippen LogP contribution is 2.25. The van der Waals surface area contributed by atoms with Crippen molar-refractivity contribution in [3.63, 3.8) is 0 Å². The molecule has 0 aliphatic carbocycles. The lowest BCUT2D eigenvalue weighted by atomic mass is 10.2. The van der Waals surface area contributed by atoms with E-state index in [2.05, 4.69) is 11.1 Å². The number of nitrogens with zero attached hydrogens (tertiary/aromatic N) is 3. The lowest BCUT2D eigenvalue weighted by molar-refractivity contribution is 0.617. The highest BCUT2D eigenvalue weighted by molar-refractivity contribution is 6.17. The monoisotopic (exact) mass is 299 g/mol. The third-order valence-electron chi connectivity index (χ3n) is 3.41. The van der Waals surface area contributed by atoms with Crippen LogP contribution in [-0.4, -0.2) is 9.55 Å². The number of hydrogen-bond acceptors (Lipinski definition) is 2. The van der Waals surface area contributed by atoms with Gasteiger partial charge in [-0.15, -0.1) is 11.6 Å². The number of halogens is 2. The van der Waals surface area contributed by atoms with Crippen LogP contribution in [0.15, 0.2) is 36.4 Å². The summed E-state index contributed by atoms with van der Waals surface area (Å²) in [4.78, 5) is 4.42. The summed E-state index contributed by atoms with van der Waals surface area (Å²) in [6.07, 6.45) is 0. The Morgan fingerprint density at radius 3 is 2.81 bits per heavy atom. The van der Waals surface area contributed by atoms with E-state index in [0.717, 1.165) is 5.52 Å². The highest BCUT2D eigenvalue weighted by Gasteiger charge is 2.15. The van der Waals surface area contributed by atoms with Crippen LogP contribution in [0, 0.1) is 24.1 Å². The normalized spacial score (nSPS) is 10.8. The first-order valence-electron chi connectivity index (χ1n) is 6.38. The topological polar surface area (TPSA) is 41.6 Å². The van der Waals surface area contributed by atoms with E-state index in [1.54, 1.807) is 29.7 Å². The van der Waals surface area contributed by atoms with Gasteiger partial charge in [0.15, 0.2) is 0 Å². The first kappa shape index (κ1) is 13.6. The van der Waals surface area contributed by atoms with Crippen molar-refractivity contribution in [1.82, 2.24) is 9.55 Å². The van der Waals surface area contributed by atoms with E-state index in [0.29, 0.717) is 28.2 Å². The summed E-state index contributed by atoms with van der Waals surface area (Å²) in [7, 11) is 0. The van der Waals surface area contributed by atoms with Crippen LogP contribution in [0.5, 0.6) is 0 Å². The summed E-state index contributed by atoms with van der Waals surface area (Å²) in [6, 6.07) is 12.4. The lowest BCUT2D eigenvalue weighted by Crippen LogP contribution is -2.00. The molecule has 0 saturated heterocycles. The van der Waals surface area contributed by atoms with Gasteiger partial charge < -0.3 is 0 Å². The van der Waals surface area contributed by atoms with Crippen LogP contribution < -0.4 is 0 Å². The minimum absolute atomic E-state index is 0.176. The molecule has 1 heterocycles. The van der Waals surface area contributed by atoms with E-state index in [1.165, 1.54) is 6.07 Å². The van der Waals surface area contributed by atoms with E-state index in [-0.39, 0.29) is 11.7 Å². The second-order valence-corrected chi connectivity index (χ2v) is 4.98. The van der Waals surface area contributed by atoms with Gasteiger partial charge in [-0.25, -0.2) is 9.37 Å². The van der Waals surface area contributed by atoms with Crippen molar-refractivity contribution in [1.29, 1.82) is 5.26 Å². The van der Waals surface area contributed by atoms with Crippen molar-refractivity contribution in [3.05, 3.63) is 59.2 Å². The summed E-state index contributed by atoms with van der Waals surface area (Å²) in [5.74, 6) is 0.471. The second-order valence-electron chi connectivity index (χ2n) is 4.72. The fraction of sp³-hybridized carbons (Fsp3) is 0.125. The number of fused-ring (bicyclic) bond motifs is 1. The predicted molar refractivity (Wildman–Crippen MR) is 80.0 cm³/mol. The van der Waals surface area contributed by atoms with Crippen LogP contribution in [0.2, 0.25) is 0 Å². The van der Waals surface area contributed by atoms with Crippen molar-refractivity contribution in [2.75, 3.05) is 0 Å². The number of benzene rings is 2. The Bertz CT molecular complexity index is 877. The molecule has 0 radical (unpaired) electrons. The fourth-order valence-corrected chi connectivity index (χ4v) is 2.52. The van der Waals surface area contributed by atoms with E-state index in [1.807, 2.05) is 12.1 Å². The maximum absolute atomic E-state index is 13.8. The number of aromatic nitrogens is 2. The van der Waals surface area contributed by atoms with Crippen molar-refractivity contribution >= 4 is 22.6 Å². The van der Waals surface area contributed by atoms with Crippen LogP contribution >= 0.6 is 11.6 Å². The molecule has 3 aromatic rings. The van der Waals surface area contributed by atoms with Crippen molar-refractivity contribution in [2.24, 2.45) is 0 Å². The van der Waals surface area contributed by atoms with Gasteiger partial charge in [0.05, 0.1) is 22.6 Å². The second kappa shape index (κ2) is 5.19. The summed E-state index contributed by atoms with van der Waals surface area (Å²) in [5.41, 5.74) is 3.02. The smallest absolute Gasteiger partial charge is 0.129 e. The van der Waals surface area contributed by atoms with Gasteiger partial charge in [-0.1, -0.05) is 12.1 Å². The molecule has 21 heavy (non-hydrogen) atoms. The third-order valence-corrected chi connectivity index (χ3v) is 3.65. The molecule has 1 aromatic heterocycles. The van der Waals surface area contributed by atoms with Gasteiger partial charge in [0.1, 0.15) is 23.2 Å². The van der Waals surface area contributed by atoms with Crippen molar-refractivity contribution in [3.8, 4) is 11.8 Å². The average Bonchev–Trinajstić information content (AvgIpc) is 2.88. The molecule has 104 valence electrons. The van der Waals surface area contributed by atoms with E-state index >= 15 is 0 Å². The number of para-hydroxylation sites is 1. The Balaban J connectivity index is 2.35. The molecule has 0 N–H and O–H groups in total. The van der Waals surface area contributed by atoms with Crippen LogP contribution in [0.4, 0.5) is 4.39 Å². The predicted octanol–water partition coefficient (Wildman–Crippen LogP) is 4.08. The van der Waals surface area contributed by atoms with E-state index in [4.69, 9.17) is 16.9 Å². The molecule has 0 atom stereocenters. The van der Waals surface area contributed by atoms with Gasteiger partial charge in [-0.3, -0.25) is 4.57 Å². The molecule has 3 rings (SSSR count). The SMILES string of the molecule is Cc1ccc(-n2c(CCl)nc3c(C#N)cccc32)cc1F. The summed E-state index contributed by atoms with van der Waals surface area (Å²) in [6.45, 7) is 1.71. The third kappa shape index (κ3) is 2.16. The van der Waals surface area contributed by atoms with Gasteiger partial charge in [-0.05, 0) is 36.8 Å². The maximum Gasteiger partial charge on any atom is 0.129 e. The van der Waals surface area contributed by atoms with Crippen LogP contribution in [-0.2, 0) is 5.88 Å². The van der Waals surface area contributed by atoms with Gasteiger partial charge in [0.2, 0.25) is 0 Å². The number of hydrogen-bond donors (Lipinski definition) is 0. The Morgan fingerprint density at radius 2 is 2.14 bits per heavy atom. The molecule has 0 amide bonds. The highest BCUT2D eigenvalue weighted by atomic mass is 35.5. The molecule has 0 bridgehead atoms. The van der Waals surface area contributed by atoms with Crippen molar-refractivity contribution in [2.45, 2.75) is 12.8 Å². The zero-order valence-electron chi connectivity index (χ0n) is 11.3. The van der Waals surface area contributed by atoms with Crippen LogP contribution in [0.1, 0.15) is 17.0 Å². The molecule has 2 aromatic carbocycles. The fourth-order valence-electron chi connectivity index (χ4n) is 2.34. The zero-order valence-corrected chi connectivity index (χ0v) is 12.0. The first-order valence-corrected chi connectivity index (χ1v) is 6.92. The number of nitriles is 1. The van der Waals surface area contributed by atoms with Gasteiger partial charge in [0.25, 0.3) is 0 Å². The van der Waals surface area contributed by atoms with E-state index in [9.17, 15) is 4.39 Å². The molecule has 0 aliphatic rings. The molecule has 5 heteroatoms. The van der Waals surface area contributed by atoms with Crippen molar-refractivity contribution < 1.29 is 4.39 Å². The maximum atomic E-state index is 13.8.